The van der Waals surface area contributed by atoms with Crippen molar-refractivity contribution in [2.45, 2.75) is 0 Å². The molecule has 0 atom stereocenters. The van der Waals surface area contributed by atoms with E-state index in [9.17, 15) is 22.1 Å². The summed E-state index contributed by atoms with van der Waals surface area (Å²) in [5.74, 6) is -5.39. The van der Waals surface area contributed by atoms with Crippen LogP contribution >= 0.6 is 52.3 Å². The van der Waals surface area contributed by atoms with Crippen molar-refractivity contribution >= 4 is 62.9 Å². The number of hydrogen-bond donors (Lipinski definition) is 0. The molecule has 1 nitrogen and oxygen atoms in total. The predicted octanol–water partition coefficient (Wildman–Crippen LogP) is 6.08. The minimum atomic E-state index is -2.40. The molecule has 0 aromatic heterocycles. The molecule has 142 valence electrons. The maximum absolute atomic E-state index is 12.6. The molecule has 0 unspecified atom stereocenters. The molecule has 0 spiro atoms. The first-order chi connectivity index (χ1) is 12.7. The topological polar surface area (TPSA) is 17.1 Å². The Morgan fingerprint density at radius 1 is 0.630 bits per heavy atom. The highest BCUT2D eigenvalue weighted by Gasteiger charge is 2.22. The Bertz CT molecular complexity index is 834. The minimum Gasteiger partial charge on any atom is -0.314 e. The van der Waals surface area contributed by atoms with Crippen LogP contribution < -0.4 is 10.6 Å². The van der Waals surface area contributed by atoms with E-state index >= 15 is 0 Å². The van der Waals surface area contributed by atoms with Gasteiger partial charge in [0, 0.05) is 10.6 Å². The molecule has 0 aliphatic carbocycles. The average Bonchev–Trinajstić information content (AvgIpc) is 2.71. The van der Waals surface area contributed by atoms with Gasteiger partial charge < -0.3 is 4.57 Å². The molecule has 0 bridgehead atoms. The third-order valence-corrected chi connectivity index (χ3v) is 8.12. The summed E-state index contributed by atoms with van der Waals surface area (Å²) in [6.45, 7) is 1.82. The van der Waals surface area contributed by atoms with Crippen LogP contribution in [0.4, 0.5) is 17.6 Å². The van der Waals surface area contributed by atoms with Gasteiger partial charge in [-0.05, 0) is 51.8 Å². The summed E-state index contributed by atoms with van der Waals surface area (Å²) < 4.78 is 61.8. The number of hydrogen-bond acceptors (Lipinski definition) is 1. The molecular weight excluding hydrogens is 605 g/mol. The monoisotopic (exact) mass is 618 g/mol. The highest BCUT2D eigenvalue weighted by molar-refractivity contribution is 14.1. The zero-order valence-electron chi connectivity index (χ0n) is 13.9. The first-order valence-corrected chi connectivity index (χ1v) is 11.8. The Hall–Kier alpha value is -0.930. The number of rotatable bonds is 2. The maximum Gasteiger partial charge on any atom is 0.176 e. The summed E-state index contributed by atoms with van der Waals surface area (Å²) in [6, 6.07) is 19.3. The molecule has 0 aliphatic rings. The van der Waals surface area contributed by atoms with Crippen LogP contribution in [0.15, 0.2) is 60.7 Å². The quantitative estimate of drug-likeness (QED) is 0.112. The molecule has 0 N–H and O–H groups in total. The van der Waals surface area contributed by atoms with E-state index in [-0.39, 0.29) is 0 Å². The lowest BCUT2D eigenvalue weighted by Gasteiger charge is -2.13. The molecule has 3 aromatic carbocycles. The van der Waals surface area contributed by atoms with Crippen molar-refractivity contribution in [1.29, 1.82) is 0 Å². The third-order valence-electron chi connectivity index (χ3n) is 3.65. The third kappa shape index (κ3) is 5.12. The lowest BCUT2D eigenvalue weighted by Crippen LogP contribution is -2.14. The summed E-state index contributed by atoms with van der Waals surface area (Å²) >= 11 is 2.41. The predicted molar refractivity (Wildman–Crippen MR) is 117 cm³/mol. The van der Waals surface area contributed by atoms with Crippen LogP contribution in [0.2, 0.25) is 0 Å². The van der Waals surface area contributed by atoms with Crippen molar-refractivity contribution in [3.63, 3.8) is 0 Å². The Morgan fingerprint density at radius 3 is 1.15 bits per heavy atom. The van der Waals surface area contributed by atoms with Gasteiger partial charge in [-0.15, -0.1) is 0 Å². The van der Waals surface area contributed by atoms with E-state index in [2.05, 4.69) is 0 Å². The van der Waals surface area contributed by atoms with Gasteiger partial charge in [-0.25, -0.2) is 17.6 Å². The van der Waals surface area contributed by atoms with Gasteiger partial charge >= 0.3 is 0 Å². The molecule has 0 radical (unpaired) electrons. The molecule has 8 heteroatoms. The molecule has 0 heterocycles. The Morgan fingerprint density at radius 2 is 0.889 bits per heavy atom. The lowest BCUT2D eigenvalue weighted by atomic mass is 10.3. The second-order valence-corrected chi connectivity index (χ2v) is 10.5. The molecule has 3 rings (SSSR count). The highest BCUT2D eigenvalue weighted by Crippen LogP contribution is 2.38. The van der Waals surface area contributed by atoms with Crippen LogP contribution in [0.3, 0.4) is 0 Å². The van der Waals surface area contributed by atoms with Crippen LogP contribution in [0.25, 0.3) is 0 Å². The van der Waals surface area contributed by atoms with E-state index in [1.54, 1.807) is 0 Å². The summed E-state index contributed by atoms with van der Waals surface area (Å²) in [5, 5.41) is 1.83. The van der Waals surface area contributed by atoms with E-state index in [1.165, 1.54) is 45.2 Å². The van der Waals surface area contributed by atoms with Crippen molar-refractivity contribution < 1.29 is 22.1 Å². The molecule has 0 saturated carbocycles. The lowest BCUT2D eigenvalue weighted by molar-refractivity contribution is 0.437. The SMILES string of the molecule is CP(=O)(c1ccccc1)c1ccccc1.Fc1c(F)c(I)c(F)c(F)c1I. The van der Waals surface area contributed by atoms with Gasteiger partial charge in [0.25, 0.3) is 0 Å². The highest BCUT2D eigenvalue weighted by atomic mass is 127. The van der Waals surface area contributed by atoms with E-state index < -0.39 is 37.6 Å². The van der Waals surface area contributed by atoms with Gasteiger partial charge in [0.1, 0.15) is 7.14 Å². The molecule has 27 heavy (non-hydrogen) atoms. The van der Waals surface area contributed by atoms with E-state index in [0.717, 1.165) is 10.6 Å². The molecule has 0 fully saturated rings. The van der Waals surface area contributed by atoms with E-state index in [0.29, 0.717) is 0 Å². The second-order valence-electron chi connectivity index (χ2n) is 5.48. The van der Waals surface area contributed by atoms with Gasteiger partial charge in [-0.1, -0.05) is 60.7 Å². The maximum atomic E-state index is 12.6. The molecule has 3 aromatic rings. The average molecular weight is 618 g/mol. The number of benzene rings is 3. The zero-order chi connectivity index (χ0) is 20.2. The first kappa shape index (κ1) is 22.4. The van der Waals surface area contributed by atoms with Crippen LogP contribution in [-0.2, 0) is 4.57 Å². The summed E-state index contributed by atoms with van der Waals surface area (Å²) in [7, 11) is -2.40. The van der Waals surface area contributed by atoms with Gasteiger partial charge in [0.2, 0.25) is 0 Å². The Labute approximate surface area is 181 Å². The summed E-state index contributed by atoms with van der Waals surface area (Å²) in [4.78, 5) is 0. The van der Waals surface area contributed by atoms with Gasteiger partial charge in [0.15, 0.2) is 23.3 Å². The summed E-state index contributed by atoms with van der Waals surface area (Å²) in [5.41, 5.74) is 0. The Balaban J connectivity index is 0.000000199. The van der Waals surface area contributed by atoms with Gasteiger partial charge in [-0.3, -0.25) is 0 Å². The Kier molecular flexibility index (Phi) is 7.88. The molecule has 0 saturated heterocycles. The number of halogens is 6. The minimum absolute atomic E-state index is 0.664. The van der Waals surface area contributed by atoms with Crippen molar-refractivity contribution in [3.05, 3.63) is 91.1 Å². The van der Waals surface area contributed by atoms with Crippen LogP contribution in [0.1, 0.15) is 0 Å². The van der Waals surface area contributed by atoms with Crippen molar-refractivity contribution in [2.24, 2.45) is 0 Å². The fraction of sp³-hybridized carbons (Fsp3) is 0.0526. The fourth-order valence-corrected chi connectivity index (χ4v) is 4.88. The van der Waals surface area contributed by atoms with E-state index in [4.69, 9.17) is 0 Å². The normalized spacial score (nSPS) is 10.9. The summed E-state index contributed by atoms with van der Waals surface area (Å²) in [6.07, 6.45) is 0. The zero-order valence-corrected chi connectivity index (χ0v) is 19.1. The van der Waals surface area contributed by atoms with Crippen molar-refractivity contribution in [2.75, 3.05) is 6.66 Å². The van der Waals surface area contributed by atoms with Crippen molar-refractivity contribution in [3.8, 4) is 0 Å². The van der Waals surface area contributed by atoms with Crippen molar-refractivity contribution in [1.82, 2.24) is 0 Å². The van der Waals surface area contributed by atoms with Crippen LogP contribution in [0, 0.1) is 30.4 Å². The van der Waals surface area contributed by atoms with Crippen LogP contribution in [0.5, 0.6) is 0 Å². The molecular formula is C19H13F4I2OP. The first-order valence-electron chi connectivity index (χ1n) is 7.53. The smallest absolute Gasteiger partial charge is 0.176 e. The molecule has 0 amide bonds. The molecule has 0 aliphatic heterocycles. The van der Waals surface area contributed by atoms with E-state index in [1.807, 2.05) is 67.3 Å². The second kappa shape index (κ2) is 9.52. The van der Waals surface area contributed by atoms with Crippen LogP contribution in [-0.4, -0.2) is 6.66 Å². The van der Waals surface area contributed by atoms with Gasteiger partial charge in [0.05, 0.1) is 7.14 Å². The van der Waals surface area contributed by atoms with Gasteiger partial charge in [-0.2, -0.15) is 0 Å². The largest absolute Gasteiger partial charge is 0.314 e. The fourth-order valence-electron chi connectivity index (χ4n) is 2.15. The standard InChI is InChI=1S/C13H13OP.C6F4I2/c1-15(14,12-8-4-2-5-9-12)13-10-6-3-7-11-13;7-1-2(8)6(12)4(10)3(9)5(1)11/h2-11H,1H3;.